The van der Waals surface area contributed by atoms with E-state index < -0.39 is 0 Å². The number of nitrogens with zero attached hydrogens (tertiary/aromatic N) is 3. The van der Waals surface area contributed by atoms with E-state index in [0.717, 1.165) is 31.6 Å². The third-order valence-corrected chi connectivity index (χ3v) is 5.31. The van der Waals surface area contributed by atoms with Crippen LogP contribution in [0.4, 0.5) is 11.5 Å². The van der Waals surface area contributed by atoms with E-state index in [4.69, 9.17) is 0 Å². The molecule has 3 aromatic rings. The molecule has 3 N–H and O–H groups in total. The van der Waals surface area contributed by atoms with Gasteiger partial charge in [0.1, 0.15) is 0 Å². The highest BCUT2D eigenvalue weighted by molar-refractivity contribution is 6.06. The molecule has 2 heterocycles. The summed E-state index contributed by atoms with van der Waals surface area (Å²) >= 11 is 0. The van der Waals surface area contributed by atoms with Crippen LogP contribution in [0, 0.1) is 0 Å². The van der Waals surface area contributed by atoms with Crippen molar-refractivity contribution >= 4 is 23.3 Å². The maximum atomic E-state index is 12.8. The lowest BCUT2D eigenvalue weighted by atomic mass is 10.1. The zero-order chi connectivity index (χ0) is 22.3. The summed E-state index contributed by atoms with van der Waals surface area (Å²) in [5.41, 5.74) is 2.85. The number of carbonyl (C=O) groups excluding carboxylic acids is 2. The van der Waals surface area contributed by atoms with Crippen LogP contribution in [0.1, 0.15) is 27.3 Å². The molecule has 0 aliphatic carbocycles. The monoisotopic (exact) mass is 430 g/mol. The third kappa shape index (κ3) is 4.92. The van der Waals surface area contributed by atoms with Crippen LogP contribution < -0.4 is 16.0 Å². The summed E-state index contributed by atoms with van der Waals surface area (Å²) in [7, 11) is 1.70. The van der Waals surface area contributed by atoms with Crippen LogP contribution in [0.3, 0.4) is 0 Å². The molecule has 1 aromatic heterocycles. The van der Waals surface area contributed by atoms with E-state index in [9.17, 15) is 9.59 Å². The quantitative estimate of drug-likeness (QED) is 0.576. The van der Waals surface area contributed by atoms with Crippen molar-refractivity contribution in [2.45, 2.75) is 6.42 Å². The van der Waals surface area contributed by atoms with Crippen molar-refractivity contribution in [3.63, 3.8) is 0 Å². The van der Waals surface area contributed by atoms with Crippen LogP contribution in [0.5, 0.6) is 0 Å². The van der Waals surface area contributed by atoms with Gasteiger partial charge in [0.25, 0.3) is 11.8 Å². The Labute approximate surface area is 187 Å². The van der Waals surface area contributed by atoms with Gasteiger partial charge in [0, 0.05) is 43.5 Å². The Balaban J connectivity index is 1.55. The molecule has 32 heavy (non-hydrogen) atoms. The number of para-hydroxylation sites is 1. The highest BCUT2D eigenvalue weighted by atomic mass is 16.2. The van der Waals surface area contributed by atoms with Crippen LogP contribution in [-0.4, -0.2) is 59.9 Å². The fourth-order valence-electron chi connectivity index (χ4n) is 3.60. The molecule has 2 amide bonds. The van der Waals surface area contributed by atoms with E-state index >= 15 is 0 Å². The minimum absolute atomic E-state index is 0.0276. The van der Waals surface area contributed by atoms with Gasteiger partial charge in [-0.15, -0.1) is 0 Å². The van der Waals surface area contributed by atoms with Crippen molar-refractivity contribution in [1.29, 1.82) is 0 Å². The lowest BCUT2D eigenvalue weighted by Crippen LogP contribution is -2.34. The molecule has 2 aromatic carbocycles. The summed E-state index contributed by atoms with van der Waals surface area (Å²) in [6.07, 6.45) is 2.56. The molecule has 0 unspecified atom stereocenters. The number of carbonyl (C=O) groups is 2. The lowest BCUT2D eigenvalue weighted by molar-refractivity contribution is 0.0766. The Hall–Kier alpha value is -3.78. The molecule has 0 bridgehead atoms. The maximum absolute atomic E-state index is 12.8. The first kappa shape index (κ1) is 21.5. The Morgan fingerprint density at radius 1 is 1.00 bits per heavy atom. The number of amides is 2. The zero-order valence-corrected chi connectivity index (χ0v) is 18.0. The number of hydrogen-bond acceptors (Lipinski definition) is 6. The first-order valence-electron chi connectivity index (χ1n) is 10.7. The highest BCUT2D eigenvalue weighted by Gasteiger charge is 2.19. The van der Waals surface area contributed by atoms with Crippen LogP contribution in [0.25, 0.3) is 11.3 Å². The average molecular weight is 431 g/mol. The van der Waals surface area contributed by atoms with Crippen LogP contribution in [0.2, 0.25) is 0 Å². The van der Waals surface area contributed by atoms with Gasteiger partial charge in [0.15, 0.2) is 11.5 Å². The molecule has 164 valence electrons. The van der Waals surface area contributed by atoms with Gasteiger partial charge in [-0.05, 0) is 37.2 Å². The van der Waals surface area contributed by atoms with Gasteiger partial charge in [0.05, 0.1) is 11.9 Å². The van der Waals surface area contributed by atoms with Crippen molar-refractivity contribution in [1.82, 2.24) is 20.2 Å². The first-order valence-corrected chi connectivity index (χ1v) is 10.7. The number of aromatic nitrogens is 2. The molecule has 8 nitrogen and oxygen atoms in total. The molecular formula is C24H26N6O2. The topological polar surface area (TPSA) is 99.2 Å². The molecular weight excluding hydrogens is 404 g/mol. The fourth-order valence-corrected chi connectivity index (χ4v) is 3.60. The molecule has 8 heteroatoms. The summed E-state index contributed by atoms with van der Waals surface area (Å²) in [6.45, 7) is 3.21. The van der Waals surface area contributed by atoms with E-state index in [-0.39, 0.29) is 17.5 Å². The van der Waals surface area contributed by atoms with Crippen molar-refractivity contribution in [3.8, 4) is 11.3 Å². The Morgan fingerprint density at radius 3 is 2.53 bits per heavy atom. The van der Waals surface area contributed by atoms with Gasteiger partial charge < -0.3 is 20.9 Å². The summed E-state index contributed by atoms with van der Waals surface area (Å²) in [4.78, 5) is 36.4. The normalized spacial score (nSPS) is 13.8. The maximum Gasteiger partial charge on any atom is 0.278 e. The molecule has 1 aliphatic rings. The van der Waals surface area contributed by atoms with Crippen molar-refractivity contribution in [2.75, 3.05) is 43.9 Å². The standard InChI is InChI=1S/C24H26N6O2/c1-25-22-21(23(31)28-19-6-3-2-4-7-19)29-20(16-27-22)17-8-10-18(11-9-17)24(32)30-14-5-12-26-13-15-30/h2-4,6-11,16,26H,5,12-15H2,1H3,(H,25,27)(H,28,31). The second-order valence-corrected chi connectivity index (χ2v) is 7.50. The fraction of sp³-hybridized carbons (Fsp3) is 0.250. The van der Waals surface area contributed by atoms with Gasteiger partial charge in [-0.3, -0.25) is 9.59 Å². The van der Waals surface area contributed by atoms with E-state index in [2.05, 4.69) is 25.9 Å². The minimum Gasteiger partial charge on any atom is -0.371 e. The molecule has 1 aliphatic heterocycles. The SMILES string of the molecule is CNc1ncc(-c2ccc(C(=O)N3CCCNCC3)cc2)nc1C(=O)Nc1ccccc1. The summed E-state index contributed by atoms with van der Waals surface area (Å²) in [6, 6.07) is 16.5. The van der Waals surface area contributed by atoms with Gasteiger partial charge >= 0.3 is 0 Å². The number of benzene rings is 2. The number of anilines is 2. The average Bonchev–Trinajstić information content (AvgIpc) is 3.13. The predicted molar refractivity (Wildman–Crippen MR) is 125 cm³/mol. The van der Waals surface area contributed by atoms with E-state index in [0.29, 0.717) is 29.3 Å². The summed E-state index contributed by atoms with van der Waals surface area (Å²) in [5, 5.41) is 9.06. The Kier molecular flexibility index (Phi) is 6.72. The predicted octanol–water partition coefficient (Wildman–Crippen LogP) is 2.87. The van der Waals surface area contributed by atoms with Crippen molar-refractivity contribution < 1.29 is 9.59 Å². The highest BCUT2D eigenvalue weighted by Crippen LogP contribution is 2.22. The van der Waals surface area contributed by atoms with E-state index in [1.807, 2.05) is 47.4 Å². The van der Waals surface area contributed by atoms with Gasteiger partial charge in [-0.1, -0.05) is 30.3 Å². The first-order chi connectivity index (χ1) is 15.7. The Bertz CT molecular complexity index is 1080. The van der Waals surface area contributed by atoms with Crippen LogP contribution >= 0.6 is 0 Å². The molecule has 4 rings (SSSR count). The molecule has 0 atom stereocenters. The second-order valence-electron chi connectivity index (χ2n) is 7.50. The molecule has 0 radical (unpaired) electrons. The van der Waals surface area contributed by atoms with Crippen LogP contribution in [0.15, 0.2) is 60.8 Å². The number of rotatable bonds is 5. The molecule has 1 saturated heterocycles. The molecule has 0 saturated carbocycles. The number of nitrogens with one attached hydrogen (secondary N) is 3. The Morgan fingerprint density at radius 2 is 1.78 bits per heavy atom. The van der Waals surface area contributed by atoms with Crippen molar-refractivity contribution in [2.24, 2.45) is 0 Å². The summed E-state index contributed by atoms with van der Waals surface area (Å²) in [5.74, 6) is 0.0695. The second kappa shape index (κ2) is 10.0. The lowest BCUT2D eigenvalue weighted by Gasteiger charge is -2.20. The molecule has 1 fully saturated rings. The minimum atomic E-state index is -0.350. The third-order valence-electron chi connectivity index (χ3n) is 5.31. The van der Waals surface area contributed by atoms with Gasteiger partial charge in [0.2, 0.25) is 0 Å². The zero-order valence-electron chi connectivity index (χ0n) is 18.0. The smallest absolute Gasteiger partial charge is 0.278 e. The molecule has 0 spiro atoms. The van der Waals surface area contributed by atoms with E-state index in [1.165, 1.54) is 0 Å². The van der Waals surface area contributed by atoms with Crippen molar-refractivity contribution in [3.05, 3.63) is 72.1 Å². The van der Waals surface area contributed by atoms with Gasteiger partial charge in [-0.2, -0.15) is 0 Å². The van der Waals surface area contributed by atoms with Crippen LogP contribution in [-0.2, 0) is 0 Å². The summed E-state index contributed by atoms with van der Waals surface area (Å²) < 4.78 is 0. The number of hydrogen-bond donors (Lipinski definition) is 3. The van der Waals surface area contributed by atoms with Gasteiger partial charge in [-0.25, -0.2) is 9.97 Å². The largest absolute Gasteiger partial charge is 0.371 e. The van der Waals surface area contributed by atoms with E-state index in [1.54, 1.807) is 25.4 Å².